The number of unbranched alkanes of at least 4 members (excludes halogenated alkanes) is 17. The predicted molar refractivity (Wildman–Crippen MR) is 160 cm³/mol. The summed E-state index contributed by atoms with van der Waals surface area (Å²) in [6.45, 7) is 14.0. The minimum absolute atomic E-state index is 0. The van der Waals surface area contributed by atoms with Crippen LogP contribution < -0.4 is 0 Å². The van der Waals surface area contributed by atoms with Crippen molar-refractivity contribution in [3.05, 3.63) is 35.9 Å². The normalized spacial score (nSPS) is 8.54. The first-order valence-electron chi connectivity index (χ1n) is 14.0. The van der Waals surface area contributed by atoms with Crippen molar-refractivity contribution in [1.82, 2.24) is 0 Å². The number of benzene rings is 1. The molecule has 7 heteroatoms. The summed E-state index contributed by atoms with van der Waals surface area (Å²) in [6.07, 6.45) is 25.7. The van der Waals surface area contributed by atoms with E-state index in [9.17, 15) is 0 Å². The molecule has 0 radical (unpaired) electrons. The van der Waals surface area contributed by atoms with Crippen molar-refractivity contribution in [2.45, 2.75) is 129 Å². The molecule has 0 N–H and O–H groups in total. The molecule has 39 heavy (non-hydrogen) atoms. The summed E-state index contributed by atoms with van der Waals surface area (Å²) in [4.78, 5) is 40.0. The second-order valence-corrected chi connectivity index (χ2v) is 8.55. The van der Waals surface area contributed by atoms with E-state index in [0.717, 1.165) is 13.2 Å². The van der Waals surface area contributed by atoms with Gasteiger partial charge in [-0.2, -0.15) is 0 Å². The monoisotopic (exact) mass is 722 g/mol. The maximum atomic E-state index is 8.00. The molecule has 1 aromatic rings. The molecule has 0 fully saturated rings. The SMILES string of the molecule is C=O.C=O.C=O.C=O.C=O.CCCCCCCCCCCCCCCCCCCCOCc1ccccc1.[W]. The van der Waals surface area contributed by atoms with Crippen molar-refractivity contribution in [3.63, 3.8) is 0 Å². The van der Waals surface area contributed by atoms with E-state index in [0.29, 0.717) is 0 Å². The average molecular weight is 723 g/mol. The quantitative estimate of drug-likeness (QED) is 0.119. The van der Waals surface area contributed by atoms with E-state index in [1.165, 1.54) is 121 Å². The van der Waals surface area contributed by atoms with E-state index >= 15 is 0 Å². The third-order valence-corrected chi connectivity index (χ3v) is 5.75. The van der Waals surface area contributed by atoms with Gasteiger partial charge in [0, 0.05) is 27.7 Å². The summed E-state index contributed by atoms with van der Waals surface area (Å²) >= 11 is 0. The van der Waals surface area contributed by atoms with E-state index in [4.69, 9.17) is 28.7 Å². The number of ether oxygens (including phenoxy) is 1. The van der Waals surface area contributed by atoms with Crippen molar-refractivity contribution in [2.24, 2.45) is 0 Å². The molecule has 1 aromatic carbocycles. The maximum absolute atomic E-state index is 8.00. The van der Waals surface area contributed by atoms with Crippen molar-refractivity contribution in [3.8, 4) is 0 Å². The van der Waals surface area contributed by atoms with Crippen LogP contribution in [0.1, 0.15) is 128 Å². The van der Waals surface area contributed by atoms with Gasteiger partial charge in [0.25, 0.3) is 0 Å². The van der Waals surface area contributed by atoms with Crippen molar-refractivity contribution in [2.75, 3.05) is 6.61 Å². The van der Waals surface area contributed by atoms with Gasteiger partial charge >= 0.3 is 0 Å². The molecule has 0 amide bonds. The zero-order chi connectivity index (χ0) is 30.0. The molecule has 1 rings (SSSR count). The van der Waals surface area contributed by atoms with Gasteiger partial charge in [-0.05, 0) is 12.0 Å². The van der Waals surface area contributed by atoms with Gasteiger partial charge in [-0.1, -0.05) is 146 Å². The molecular weight excluding hydrogens is 664 g/mol. The first-order valence-corrected chi connectivity index (χ1v) is 14.0. The first-order chi connectivity index (χ1) is 18.9. The fourth-order valence-corrected chi connectivity index (χ4v) is 3.87. The Hall–Kier alpha value is -1.78. The zero-order valence-electron chi connectivity index (χ0n) is 24.9. The number of rotatable bonds is 21. The fraction of sp³-hybridized carbons (Fsp3) is 0.656. The standard InChI is InChI=1S/C27H48O.5CH2O.W/c1-2-3-4-5-6-7-8-9-10-11-12-13-14-15-16-17-18-22-25-28-26-27-23-20-19-21-24-27;5*1-2;/h19-21,23-24H,2-18,22,25-26H2,1H3;5*1H2;. The van der Waals surface area contributed by atoms with Gasteiger partial charge in [-0.3, -0.25) is 0 Å². The Bertz CT molecular complexity index is 481. The molecule has 0 bridgehead atoms. The molecule has 0 aliphatic heterocycles. The molecule has 228 valence electrons. The van der Waals surface area contributed by atoms with Crippen molar-refractivity contribution >= 4 is 33.9 Å². The minimum Gasteiger partial charge on any atom is -0.377 e. The molecule has 0 spiro atoms. The molecule has 0 aromatic heterocycles. The Morgan fingerprint density at radius 2 is 0.744 bits per heavy atom. The molecule has 0 atom stereocenters. The third-order valence-electron chi connectivity index (χ3n) is 5.75. The number of carbonyl (C=O) groups excluding carboxylic acids is 5. The molecule has 0 unspecified atom stereocenters. The maximum Gasteiger partial charge on any atom is 0.106 e. The van der Waals surface area contributed by atoms with Gasteiger partial charge in [0.2, 0.25) is 0 Å². The van der Waals surface area contributed by atoms with E-state index in [1.807, 2.05) is 33.9 Å². The summed E-state index contributed by atoms with van der Waals surface area (Å²) in [5.74, 6) is 0. The predicted octanol–water partition coefficient (Wildman–Crippen LogP) is 8.32. The van der Waals surface area contributed by atoms with E-state index in [2.05, 4.69) is 37.3 Å². The second kappa shape index (κ2) is 60.6. The van der Waals surface area contributed by atoms with Crippen LogP contribution in [0, 0.1) is 0 Å². The number of hydrogen-bond donors (Lipinski definition) is 0. The van der Waals surface area contributed by atoms with Crippen LogP contribution in [-0.2, 0) is 56.4 Å². The summed E-state index contributed by atoms with van der Waals surface area (Å²) in [7, 11) is 0. The summed E-state index contributed by atoms with van der Waals surface area (Å²) in [6, 6.07) is 10.5. The van der Waals surface area contributed by atoms with Crippen LogP contribution in [0.5, 0.6) is 0 Å². The largest absolute Gasteiger partial charge is 0.377 e. The Morgan fingerprint density at radius 1 is 0.462 bits per heavy atom. The van der Waals surface area contributed by atoms with Gasteiger partial charge in [-0.25, -0.2) is 0 Å². The van der Waals surface area contributed by atoms with Crippen molar-refractivity contribution < 1.29 is 49.8 Å². The Labute approximate surface area is 254 Å². The number of hydrogen-bond acceptors (Lipinski definition) is 6. The average Bonchev–Trinajstić information content (AvgIpc) is 3.01. The first kappa shape index (κ1) is 50.1. The Kier molecular flexibility index (Phi) is 77.9. The Balaban J connectivity index is -0.000000221. The van der Waals surface area contributed by atoms with Crippen LogP contribution in [0.25, 0.3) is 0 Å². The van der Waals surface area contributed by atoms with Crippen LogP contribution >= 0.6 is 0 Å². The molecule has 0 saturated heterocycles. The van der Waals surface area contributed by atoms with Crippen LogP contribution in [0.3, 0.4) is 0 Å². The smallest absolute Gasteiger partial charge is 0.106 e. The molecule has 0 aliphatic carbocycles. The topological polar surface area (TPSA) is 94.6 Å². The minimum atomic E-state index is 0. The van der Waals surface area contributed by atoms with Crippen molar-refractivity contribution in [1.29, 1.82) is 0 Å². The second-order valence-electron chi connectivity index (χ2n) is 8.55. The zero-order valence-corrected chi connectivity index (χ0v) is 27.9. The molecule has 0 saturated carbocycles. The van der Waals surface area contributed by atoms with Crippen LogP contribution in [-0.4, -0.2) is 40.6 Å². The Morgan fingerprint density at radius 3 is 1.05 bits per heavy atom. The van der Waals surface area contributed by atoms with E-state index in [1.54, 1.807) is 0 Å². The third kappa shape index (κ3) is 53.3. The molecule has 6 nitrogen and oxygen atoms in total. The molecule has 0 heterocycles. The van der Waals surface area contributed by atoms with Crippen LogP contribution in [0.15, 0.2) is 30.3 Å². The fourth-order valence-electron chi connectivity index (χ4n) is 3.87. The van der Waals surface area contributed by atoms with Gasteiger partial charge in [0.1, 0.15) is 33.9 Å². The number of carbonyl (C=O) groups is 5. The van der Waals surface area contributed by atoms with Crippen LogP contribution in [0.2, 0.25) is 0 Å². The van der Waals surface area contributed by atoms with Gasteiger partial charge in [0.15, 0.2) is 0 Å². The summed E-state index contributed by atoms with van der Waals surface area (Å²) < 4.78 is 5.75. The summed E-state index contributed by atoms with van der Waals surface area (Å²) in [5, 5.41) is 0. The van der Waals surface area contributed by atoms with E-state index < -0.39 is 0 Å². The molecule has 0 aliphatic rings. The molecular formula is C32H58O6W. The van der Waals surface area contributed by atoms with E-state index in [-0.39, 0.29) is 21.1 Å². The van der Waals surface area contributed by atoms with Gasteiger partial charge < -0.3 is 28.7 Å². The van der Waals surface area contributed by atoms with Gasteiger partial charge in [0.05, 0.1) is 6.61 Å². The van der Waals surface area contributed by atoms with Gasteiger partial charge in [-0.15, -0.1) is 0 Å². The van der Waals surface area contributed by atoms with Crippen LogP contribution in [0.4, 0.5) is 0 Å². The summed E-state index contributed by atoms with van der Waals surface area (Å²) in [5.41, 5.74) is 1.28.